The van der Waals surface area contributed by atoms with Crippen LogP contribution in [0.4, 0.5) is 0 Å². The molecule has 0 saturated heterocycles. The Morgan fingerprint density at radius 2 is 0.505 bits per heavy atom. The van der Waals surface area contributed by atoms with Gasteiger partial charge in [0.2, 0.25) is 0 Å². The molecule has 91 heavy (non-hydrogen) atoms. The number of phosphoric ester groups is 2. The Balaban J connectivity index is 5.22. The third kappa shape index (κ3) is 66.5. The van der Waals surface area contributed by atoms with Gasteiger partial charge in [0.25, 0.3) is 0 Å². The Bertz CT molecular complexity index is 1770. The van der Waals surface area contributed by atoms with Gasteiger partial charge in [-0.05, 0) is 37.5 Å². The maximum absolute atomic E-state index is 13.0. The summed E-state index contributed by atoms with van der Waals surface area (Å²) in [6.45, 7) is 9.50. The van der Waals surface area contributed by atoms with Gasteiger partial charge in [-0.25, -0.2) is 9.13 Å². The third-order valence-electron chi connectivity index (χ3n) is 16.7. The van der Waals surface area contributed by atoms with Crippen molar-refractivity contribution < 1.29 is 80.2 Å². The molecule has 0 rings (SSSR count). The number of phosphoric acid groups is 2. The van der Waals surface area contributed by atoms with Crippen LogP contribution < -0.4 is 0 Å². The number of carbonyl (C=O) groups is 4. The quantitative estimate of drug-likeness (QED) is 0.0222. The van der Waals surface area contributed by atoms with E-state index in [2.05, 4.69) is 41.5 Å². The number of hydrogen-bond acceptors (Lipinski definition) is 15. The number of carbonyl (C=O) groups excluding carboxylic acids is 4. The molecule has 0 saturated carbocycles. The molecule has 5 atom stereocenters. The van der Waals surface area contributed by atoms with Crippen molar-refractivity contribution in [2.45, 2.75) is 387 Å². The zero-order valence-electron chi connectivity index (χ0n) is 59.1. The van der Waals surface area contributed by atoms with E-state index in [1.807, 2.05) is 0 Å². The minimum atomic E-state index is -4.95. The Kier molecular flexibility index (Phi) is 62.7. The van der Waals surface area contributed by atoms with Gasteiger partial charge in [0, 0.05) is 25.7 Å². The van der Waals surface area contributed by atoms with Crippen molar-refractivity contribution in [3.8, 4) is 0 Å². The van der Waals surface area contributed by atoms with Crippen LogP contribution in [-0.4, -0.2) is 96.7 Å². The fourth-order valence-electron chi connectivity index (χ4n) is 10.9. The van der Waals surface area contributed by atoms with Crippen molar-refractivity contribution in [3.63, 3.8) is 0 Å². The van der Waals surface area contributed by atoms with Crippen molar-refractivity contribution in [1.29, 1.82) is 0 Å². The maximum Gasteiger partial charge on any atom is 0.472 e. The molecule has 2 unspecified atom stereocenters. The molecule has 19 heteroatoms. The van der Waals surface area contributed by atoms with Crippen LogP contribution in [0.3, 0.4) is 0 Å². The summed E-state index contributed by atoms with van der Waals surface area (Å²) in [6.07, 6.45) is 50.0. The monoisotopic (exact) mass is 1340 g/mol. The number of ether oxygens (including phenoxy) is 4. The van der Waals surface area contributed by atoms with Crippen LogP contribution in [0.25, 0.3) is 0 Å². The van der Waals surface area contributed by atoms with Crippen LogP contribution in [0.1, 0.15) is 369 Å². The van der Waals surface area contributed by atoms with Gasteiger partial charge in [0.05, 0.1) is 26.4 Å². The highest BCUT2D eigenvalue weighted by Crippen LogP contribution is 2.45. The van der Waals surface area contributed by atoms with Crippen molar-refractivity contribution in [3.05, 3.63) is 0 Å². The molecule has 540 valence electrons. The number of aliphatic hydroxyl groups is 1. The fourth-order valence-corrected chi connectivity index (χ4v) is 12.5. The third-order valence-corrected chi connectivity index (χ3v) is 18.6. The smallest absolute Gasteiger partial charge is 0.462 e. The average Bonchev–Trinajstić information content (AvgIpc) is 3.21. The molecule has 0 spiro atoms. The molecule has 0 bridgehead atoms. The molecule has 0 aliphatic heterocycles. The SMILES string of the molecule is CCCCCCCCCCCCCCCCCCCCC(=O)O[C@H](COC(=O)CCCCCCCCCCCC(C)C)COP(=O)(O)OC[C@@H](O)COP(=O)(O)OC[C@@H](COC(=O)CCCCCCCCCCCC)OC(=O)CCCCCCCCCCC(C)C. The second-order valence-corrected chi connectivity index (χ2v) is 29.8. The van der Waals surface area contributed by atoms with E-state index < -0.39 is 97.5 Å². The highest BCUT2D eigenvalue weighted by molar-refractivity contribution is 7.47. The molecule has 0 aliphatic rings. The van der Waals surface area contributed by atoms with Gasteiger partial charge < -0.3 is 33.8 Å². The largest absolute Gasteiger partial charge is 0.472 e. The Hall–Kier alpha value is -1.94. The summed E-state index contributed by atoms with van der Waals surface area (Å²) in [5.74, 6) is -0.661. The van der Waals surface area contributed by atoms with Gasteiger partial charge in [-0.1, -0.05) is 318 Å². The first kappa shape index (κ1) is 89.1. The molecule has 0 aromatic rings. The predicted molar refractivity (Wildman–Crippen MR) is 368 cm³/mol. The van der Waals surface area contributed by atoms with Gasteiger partial charge in [-0.2, -0.15) is 0 Å². The minimum Gasteiger partial charge on any atom is -0.462 e. The Labute approximate surface area is 556 Å². The van der Waals surface area contributed by atoms with E-state index >= 15 is 0 Å². The zero-order valence-corrected chi connectivity index (χ0v) is 60.9. The lowest BCUT2D eigenvalue weighted by atomic mass is 10.0. The van der Waals surface area contributed by atoms with Crippen molar-refractivity contribution in [2.75, 3.05) is 39.6 Å². The van der Waals surface area contributed by atoms with Crippen LogP contribution in [0.5, 0.6) is 0 Å². The summed E-state index contributed by atoms with van der Waals surface area (Å²) in [6, 6.07) is 0. The van der Waals surface area contributed by atoms with Crippen LogP contribution in [0.2, 0.25) is 0 Å². The van der Waals surface area contributed by atoms with Gasteiger partial charge in [0.1, 0.15) is 19.3 Å². The van der Waals surface area contributed by atoms with E-state index in [0.29, 0.717) is 25.7 Å². The number of esters is 4. The second kappa shape index (κ2) is 64.1. The summed E-state index contributed by atoms with van der Waals surface area (Å²) >= 11 is 0. The zero-order chi connectivity index (χ0) is 67.2. The molecule has 0 aliphatic carbocycles. The first-order valence-electron chi connectivity index (χ1n) is 37.5. The van der Waals surface area contributed by atoms with E-state index in [-0.39, 0.29) is 25.7 Å². The van der Waals surface area contributed by atoms with Gasteiger partial charge >= 0.3 is 39.5 Å². The molecule has 3 N–H and O–H groups in total. The van der Waals surface area contributed by atoms with Crippen molar-refractivity contribution in [1.82, 2.24) is 0 Å². The van der Waals surface area contributed by atoms with E-state index in [1.54, 1.807) is 0 Å². The van der Waals surface area contributed by atoms with Crippen LogP contribution in [-0.2, 0) is 65.4 Å². The summed E-state index contributed by atoms with van der Waals surface area (Å²) in [5, 5.41) is 10.6. The average molecular weight is 1340 g/mol. The molecular formula is C72H140O17P2. The van der Waals surface area contributed by atoms with E-state index in [0.717, 1.165) is 102 Å². The van der Waals surface area contributed by atoms with Crippen LogP contribution in [0, 0.1) is 11.8 Å². The highest BCUT2D eigenvalue weighted by atomic mass is 31.2. The minimum absolute atomic E-state index is 0.105. The lowest BCUT2D eigenvalue weighted by Crippen LogP contribution is -2.30. The van der Waals surface area contributed by atoms with Gasteiger partial charge in [0.15, 0.2) is 12.2 Å². The Morgan fingerprint density at radius 3 is 0.747 bits per heavy atom. The van der Waals surface area contributed by atoms with E-state index in [1.165, 1.54) is 186 Å². The number of aliphatic hydroxyl groups excluding tert-OH is 1. The van der Waals surface area contributed by atoms with Crippen LogP contribution in [0.15, 0.2) is 0 Å². The van der Waals surface area contributed by atoms with Crippen molar-refractivity contribution >= 4 is 39.5 Å². The number of rotatable bonds is 71. The van der Waals surface area contributed by atoms with Crippen LogP contribution >= 0.6 is 15.6 Å². The fraction of sp³-hybridized carbons (Fsp3) is 0.944. The molecule has 0 aromatic heterocycles. The second-order valence-electron chi connectivity index (χ2n) is 26.9. The Morgan fingerprint density at radius 1 is 0.297 bits per heavy atom. The summed E-state index contributed by atoms with van der Waals surface area (Å²) in [7, 11) is -9.90. The molecule has 0 amide bonds. The normalized spacial score (nSPS) is 14.1. The lowest BCUT2D eigenvalue weighted by molar-refractivity contribution is -0.161. The molecular weight excluding hydrogens is 1200 g/mol. The number of hydrogen-bond donors (Lipinski definition) is 3. The highest BCUT2D eigenvalue weighted by Gasteiger charge is 2.30. The first-order chi connectivity index (χ1) is 43.9. The van der Waals surface area contributed by atoms with E-state index in [9.17, 15) is 43.2 Å². The van der Waals surface area contributed by atoms with Gasteiger partial charge in [-0.3, -0.25) is 37.3 Å². The van der Waals surface area contributed by atoms with Gasteiger partial charge in [-0.15, -0.1) is 0 Å². The van der Waals surface area contributed by atoms with Crippen molar-refractivity contribution in [2.24, 2.45) is 11.8 Å². The topological polar surface area (TPSA) is 237 Å². The molecule has 0 heterocycles. The summed E-state index contributed by atoms with van der Waals surface area (Å²) < 4.78 is 68.3. The summed E-state index contributed by atoms with van der Waals surface area (Å²) in [5.41, 5.74) is 0. The molecule has 0 aromatic carbocycles. The van der Waals surface area contributed by atoms with E-state index in [4.69, 9.17) is 37.0 Å². The number of unbranched alkanes of at least 4 members (excludes halogenated alkanes) is 41. The first-order valence-corrected chi connectivity index (χ1v) is 40.5. The molecule has 0 radical (unpaired) electrons. The summed E-state index contributed by atoms with van der Waals surface area (Å²) in [4.78, 5) is 72.6. The standard InChI is InChI=1S/C72H140O17P2/c1-7-9-11-13-15-17-19-20-21-22-23-24-25-26-30-38-44-50-56-71(76)88-67(60-83-70(75)55-49-43-37-31-27-28-34-40-46-52-64(3)4)62-86-90(78,79)84-58-66(73)59-85-91(80,81)87-63-68(61-82-69(74)54-48-42-36-29-18-16-14-12-10-8-2)89-72(77)57-51-45-39-33-32-35-41-47-53-65(5)6/h64-68,73H,7-63H2,1-6H3,(H,78,79)(H,80,81)/t66-,67-,68-/m1/s1. The lowest BCUT2D eigenvalue weighted by Gasteiger charge is -2.21. The predicted octanol–water partition coefficient (Wildman–Crippen LogP) is 20.8. The maximum atomic E-state index is 13.0. The molecule has 17 nitrogen and oxygen atoms in total. The molecule has 0 fully saturated rings.